The van der Waals surface area contributed by atoms with Gasteiger partial charge in [-0.3, -0.25) is 9.98 Å². The molecule has 11 heavy (non-hydrogen) atoms. The molecule has 0 aromatic carbocycles. The molecule has 1 rings (SSSR count). The summed E-state index contributed by atoms with van der Waals surface area (Å²) >= 11 is 0. The summed E-state index contributed by atoms with van der Waals surface area (Å²) in [6, 6.07) is 1.91. The molecule has 0 amide bonds. The Morgan fingerprint density at radius 1 is 1.55 bits per heavy atom. The van der Waals surface area contributed by atoms with Crippen LogP contribution in [0, 0.1) is 0 Å². The smallest absolute Gasteiger partial charge is 0.0346 e. The Hall–Kier alpha value is -1.44. The van der Waals surface area contributed by atoms with Gasteiger partial charge in [-0.15, -0.1) is 0 Å². The quantitative estimate of drug-likeness (QED) is 0.584. The van der Waals surface area contributed by atoms with Gasteiger partial charge in [-0.2, -0.15) is 0 Å². The van der Waals surface area contributed by atoms with Crippen LogP contribution < -0.4 is 0 Å². The highest BCUT2D eigenvalue weighted by molar-refractivity contribution is 5.84. The van der Waals surface area contributed by atoms with E-state index in [0.29, 0.717) is 0 Å². The maximum absolute atomic E-state index is 3.97. The van der Waals surface area contributed by atoms with Crippen molar-refractivity contribution in [2.75, 3.05) is 7.05 Å². The molecule has 56 valence electrons. The minimum Gasteiger partial charge on any atom is -0.296 e. The maximum Gasteiger partial charge on any atom is 0.0346 e. The summed E-state index contributed by atoms with van der Waals surface area (Å²) in [5.74, 6) is 0. The fraction of sp³-hybridized carbons (Fsp3) is 0.111. The fourth-order valence-corrected chi connectivity index (χ4v) is 0.845. The van der Waals surface area contributed by atoms with Gasteiger partial charge < -0.3 is 0 Å². The topological polar surface area (TPSA) is 25.2 Å². The van der Waals surface area contributed by atoms with E-state index in [2.05, 4.69) is 16.6 Å². The van der Waals surface area contributed by atoms with Crippen LogP contribution in [0.2, 0.25) is 0 Å². The van der Waals surface area contributed by atoms with Crippen molar-refractivity contribution in [3.8, 4) is 0 Å². The zero-order chi connectivity index (χ0) is 8.10. The SMILES string of the molecule is C=Cc1cnccc1C=NC. The summed E-state index contributed by atoms with van der Waals surface area (Å²) < 4.78 is 0. The Labute approximate surface area is 66.3 Å². The summed E-state index contributed by atoms with van der Waals surface area (Å²) in [7, 11) is 1.74. The molecule has 0 aliphatic carbocycles. The molecule has 1 aromatic heterocycles. The Bertz CT molecular complexity index is 277. The molecule has 0 fully saturated rings. The number of rotatable bonds is 2. The van der Waals surface area contributed by atoms with Crippen molar-refractivity contribution in [1.82, 2.24) is 4.98 Å². The van der Waals surface area contributed by atoms with Crippen molar-refractivity contribution in [2.24, 2.45) is 4.99 Å². The van der Waals surface area contributed by atoms with Gasteiger partial charge in [0.25, 0.3) is 0 Å². The highest BCUT2D eigenvalue weighted by atomic mass is 14.6. The second-order valence-electron chi connectivity index (χ2n) is 2.10. The third-order valence-electron chi connectivity index (χ3n) is 1.38. The lowest BCUT2D eigenvalue weighted by atomic mass is 10.1. The number of aromatic nitrogens is 1. The summed E-state index contributed by atoms with van der Waals surface area (Å²) in [6.07, 6.45) is 7.07. The molecule has 0 atom stereocenters. The van der Waals surface area contributed by atoms with E-state index >= 15 is 0 Å². The van der Waals surface area contributed by atoms with Gasteiger partial charge >= 0.3 is 0 Å². The lowest BCUT2D eigenvalue weighted by Gasteiger charge is -1.96. The van der Waals surface area contributed by atoms with Crippen LogP contribution in [0.3, 0.4) is 0 Å². The van der Waals surface area contributed by atoms with Crippen LogP contribution in [-0.2, 0) is 0 Å². The first kappa shape index (κ1) is 7.66. The molecule has 0 saturated heterocycles. The Balaban J connectivity index is 3.11. The Morgan fingerprint density at radius 3 is 3.00 bits per heavy atom. The van der Waals surface area contributed by atoms with Crippen LogP contribution in [0.5, 0.6) is 0 Å². The molecule has 0 aliphatic heterocycles. The zero-order valence-electron chi connectivity index (χ0n) is 6.49. The van der Waals surface area contributed by atoms with Crippen molar-refractivity contribution < 1.29 is 0 Å². The normalized spacial score (nSPS) is 10.3. The highest BCUT2D eigenvalue weighted by Gasteiger charge is 1.92. The molecule has 0 spiro atoms. The molecule has 0 radical (unpaired) electrons. The molecular formula is C9H10N2. The number of pyridine rings is 1. The predicted octanol–water partition coefficient (Wildman–Crippen LogP) is 1.77. The molecule has 0 saturated carbocycles. The van der Waals surface area contributed by atoms with Gasteiger partial charge in [0, 0.05) is 36.8 Å². The Morgan fingerprint density at radius 2 is 2.36 bits per heavy atom. The van der Waals surface area contributed by atoms with Crippen molar-refractivity contribution in [3.05, 3.63) is 36.2 Å². The summed E-state index contributed by atoms with van der Waals surface area (Å²) in [5.41, 5.74) is 2.07. The largest absolute Gasteiger partial charge is 0.296 e. The third kappa shape index (κ3) is 1.74. The average molecular weight is 146 g/mol. The van der Waals surface area contributed by atoms with Crippen LogP contribution in [0.1, 0.15) is 11.1 Å². The molecule has 0 bridgehead atoms. The molecular weight excluding hydrogens is 136 g/mol. The van der Waals surface area contributed by atoms with Crippen LogP contribution in [-0.4, -0.2) is 18.2 Å². The maximum atomic E-state index is 3.97. The third-order valence-corrected chi connectivity index (χ3v) is 1.38. The van der Waals surface area contributed by atoms with E-state index in [0.717, 1.165) is 11.1 Å². The number of aliphatic imine (C=N–C) groups is 1. The first-order valence-corrected chi connectivity index (χ1v) is 3.37. The van der Waals surface area contributed by atoms with Crippen LogP contribution in [0.25, 0.3) is 6.08 Å². The van der Waals surface area contributed by atoms with E-state index in [4.69, 9.17) is 0 Å². The van der Waals surface area contributed by atoms with Gasteiger partial charge in [-0.05, 0) is 6.07 Å². The predicted molar refractivity (Wildman–Crippen MR) is 47.8 cm³/mol. The first-order valence-electron chi connectivity index (χ1n) is 3.37. The monoisotopic (exact) mass is 146 g/mol. The van der Waals surface area contributed by atoms with Crippen molar-refractivity contribution in [2.45, 2.75) is 0 Å². The second kappa shape index (κ2) is 3.66. The van der Waals surface area contributed by atoms with Crippen molar-refractivity contribution >= 4 is 12.3 Å². The molecule has 0 unspecified atom stereocenters. The van der Waals surface area contributed by atoms with E-state index in [1.807, 2.05) is 6.07 Å². The standard InChI is InChI=1S/C9H10N2/c1-3-8-7-11-5-4-9(8)6-10-2/h3-7H,1H2,2H3. The van der Waals surface area contributed by atoms with Crippen LogP contribution >= 0.6 is 0 Å². The minimum absolute atomic E-state index is 1.01. The summed E-state index contributed by atoms with van der Waals surface area (Å²) in [5, 5.41) is 0. The van der Waals surface area contributed by atoms with E-state index in [1.165, 1.54) is 0 Å². The molecule has 2 heteroatoms. The van der Waals surface area contributed by atoms with Crippen molar-refractivity contribution in [3.63, 3.8) is 0 Å². The number of hydrogen-bond acceptors (Lipinski definition) is 2. The molecule has 1 aromatic rings. The molecule has 0 aliphatic rings. The van der Waals surface area contributed by atoms with Gasteiger partial charge in [0.2, 0.25) is 0 Å². The van der Waals surface area contributed by atoms with Gasteiger partial charge in [0.1, 0.15) is 0 Å². The van der Waals surface area contributed by atoms with E-state index in [9.17, 15) is 0 Å². The van der Waals surface area contributed by atoms with Gasteiger partial charge in [0.15, 0.2) is 0 Å². The van der Waals surface area contributed by atoms with E-state index < -0.39 is 0 Å². The first-order chi connectivity index (χ1) is 5.38. The summed E-state index contributed by atoms with van der Waals surface area (Å²) in [4.78, 5) is 7.88. The molecule has 0 N–H and O–H groups in total. The molecule has 1 heterocycles. The van der Waals surface area contributed by atoms with E-state index in [1.54, 1.807) is 31.7 Å². The van der Waals surface area contributed by atoms with Crippen LogP contribution in [0.15, 0.2) is 30.0 Å². The number of hydrogen-bond donors (Lipinski definition) is 0. The second-order valence-corrected chi connectivity index (χ2v) is 2.10. The van der Waals surface area contributed by atoms with E-state index in [-0.39, 0.29) is 0 Å². The molecule has 2 nitrogen and oxygen atoms in total. The fourth-order valence-electron chi connectivity index (χ4n) is 0.845. The lowest BCUT2D eigenvalue weighted by molar-refractivity contribution is 1.31. The van der Waals surface area contributed by atoms with Gasteiger partial charge in [-0.25, -0.2) is 0 Å². The average Bonchev–Trinajstić information content (AvgIpc) is 2.06. The van der Waals surface area contributed by atoms with Crippen LogP contribution in [0.4, 0.5) is 0 Å². The Kier molecular flexibility index (Phi) is 2.55. The van der Waals surface area contributed by atoms with Crippen molar-refractivity contribution in [1.29, 1.82) is 0 Å². The minimum atomic E-state index is 1.01. The zero-order valence-corrected chi connectivity index (χ0v) is 6.49. The lowest BCUT2D eigenvalue weighted by Crippen LogP contribution is -1.86. The summed E-state index contributed by atoms with van der Waals surface area (Å²) in [6.45, 7) is 3.67. The van der Waals surface area contributed by atoms with Gasteiger partial charge in [-0.1, -0.05) is 12.7 Å². The number of nitrogens with zero attached hydrogens (tertiary/aromatic N) is 2. The highest BCUT2D eigenvalue weighted by Crippen LogP contribution is 2.04. The van der Waals surface area contributed by atoms with Gasteiger partial charge in [0.05, 0.1) is 0 Å².